The van der Waals surface area contributed by atoms with Crippen molar-refractivity contribution in [3.63, 3.8) is 0 Å². The number of carbonyl (C=O) groups excluding carboxylic acids is 3. The molecule has 0 saturated heterocycles. The monoisotopic (exact) mass is 477 g/mol. The van der Waals surface area contributed by atoms with Crippen LogP contribution < -0.4 is 10.6 Å². The zero-order chi connectivity index (χ0) is 19.3. The Hall–Kier alpha value is -1.61. The molecule has 1 heterocycles. The normalized spacial score (nSPS) is 10.3. The molecule has 26 heavy (non-hydrogen) atoms. The van der Waals surface area contributed by atoms with Gasteiger partial charge in [-0.15, -0.1) is 11.3 Å². The first kappa shape index (κ1) is 20.7. The number of anilines is 1. The number of halogens is 3. The minimum atomic E-state index is -0.454. The number of benzene rings is 1. The lowest BCUT2D eigenvalue weighted by Gasteiger charge is -2.17. The Morgan fingerprint density at radius 3 is 2.38 bits per heavy atom. The summed E-state index contributed by atoms with van der Waals surface area (Å²) in [6, 6.07) is 8.24. The Balaban J connectivity index is 1.84. The number of carbonyl (C=O) groups is 3. The molecule has 138 valence electrons. The molecule has 2 N–H and O–H groups in total. The van der Waals surface area contributed by atoms with Crippen molar-refractivity contribution < 1.29 is 14.4 Å². The van der Waals surface area contributed by atoms with Crippen LogP contribution in [0.5, 0.6) is 0 Å². The van der Waals surface area contributed by atoms with Crippen molar-refractivity contribution in [3.8, 4) is 0 Å². The van der Waals surface area contributed by atoms with E-state index in [0.717, 1.165) is 3.79 Å². The fourth-order valence-electron chi connectivity index (χ4n) is 1.91. The predicted octanol–water partition coefficient (Wildman–Crippen LogP) is 3.64. The third kappa shape index (κ3) is 5.70. The van der Waals surface area contributed by atoms with Gasteiger partial charge in [0.15, 0.2) is 0 Å². The Kier molecular flexibility index (Phi) is 7.45. The third-order valence-electron chi connectivity index (χ3n) is 3.23. The fourth-order valence-corrected chi connectivity index (χ4v) is 3.71. The van der Waals surface area contributed by atoms with Crippen LogP contribution in [0, 0.1) is 0 Å². The number of para-hydroxylation sites is 1. The number of rotatable bonds is 6. The van der Waals surface area contributed by atoms with Crippen molar-refractivity contribution >= 4 is 73.9 Å². The van der Waals surface area contributed by atoms with Crippen molar-refractivity contribution in [2.24, 2.45) is 0 Å². The number of amides is 3. The minimum Gasteiger partial charge on any atom is -0.342 e. The van der Waals surface area contributed by atoms with Crippen LogP contribution in [0.3, 0.4) is 0 Å². The largest absolute Gasteiger partial charge is 0.342 e. The maximum atomic E-state index is 12.1. The highest BCUT2D eigenvalue weighted by Crippen LogP contribution is 2.29. The highest BCUT2D eigenvalue weighted by atomic mass is 79.9. The van der Waals surface area contributed by atoms with Crippen LogP contribution in [0.25, 0.3) is 0 Å². The molecule has 1 aromatic carbocycles. The van der Waals surface area contributed by atoms with Gasteiger partial charge in [0, 0.05) is 7.05 Å². The lowest BCUT2D eigenvalue weighted by atomic mass is 10.3. The second-order valence-corrected chi connectivity index (χ2v) is 8.46. The van der Waals surface area contributed by atoms with Crippen molar-refractivity contribution in [1.29, 1.82) is 0 Å². The molecule has 2 rings (SSSR count). The zero-order valence-corrected chi connectivity index (χ0v) is 17.4. The van der Waals surface area contributed by atoms with Crippen LogP contribution in [0.15, 0.2) is 34.1 Å². The van der Waals surface area contributed by atoms with Crippen LogP contribution in [-0.4, -0.2) is 42.8 Å². The summed E-state index contributed by atoms with van der Waals surface area (Å²) in [7, 11) is 1.46. The van der Waals surface area contributed by atoms with Gasteiger partial charge in [0.25, 0.3) is 5.91 Å². The summed E-state index contributed by atoms with van der Waals surface area (Å²) in [5.41, 5.74) is 0.290. The Labute approximate surface area is 172 Å². The Morgan fingerprint density at radius 2 is 1.81 bits per heavy atom. The fraction of sp³-hybridized carbons (Fsp3) is 0.188. The standard InChI is InChI=1S/C16H14BrCl2N3O3S/c1-22(8-13(23)21-15-9(18)3-2-4-10(15)19)14(24)7-20-16(25)11-5-6-12(17)26-11/h2-6H,7-8H2,1H3,(H,20,25)(H,21,23). The van der Waals surface area contributed by atoms with E-state index in [1.165, 1.54) is 23.3 Å². The molecule has 0 saturated carbocycles. The summed E-state index contributed by atoms with van der Waals surface area (Å²) >= 11 is 16.5. The van der Waals surface area contributed by atoms with E-state index in [-0.39, 0.29) is 19.0 Å². The predicted molar refractivity (Wildman–Crippen MR) is 107 cm³/mol. The van der Waals surface area contributed by atoms with E-state index in [1.54, 1.807) is 30.3 Å². The molecule has 0 radical (unpaired) electrons. The first-order chi connectivity index (χ1) is 12.3. The lowest BCUT2D eigenvalue weighted by molar-refractivity contribution is -0.132. The topological polar surface area (TPSA) is 78.5 Å². The summed E-state index contributed by atoms with van der Waals surface area (Å²) in [4.78, 5) is 37.8. The second kappa shape index (κ2) is 9.36. The van der Waals surface area contributed by atoms with Gasteiger partial charge in [-0.05, 0) is 40.2 Å². The van der Waals surface area contributed by atoms with Gasteiger partial charge in [-0.25, -0.2) is 0 Å². The summed E-state index contributed by atoms with van der Waals surface area (Å²) in [6.45, 7) is -0.425. The van der Waals surface area contributed by atoms with Crippen molar-refractivity contribution in [1.82, 2.24) is 10.2 Å². The number of hydrogen-bond acceptors (Lipinski definition) is 4. The average Bonchev–Trinajstić information content (AvgIpc) is 3.02. The van der Waals surface area contributed by atoms with Crippen LogP contribution in [0.1, 0.15) is 9.67 Å². The molecule has 0 fully saturated rings. The zero-order valence-electron chi connectivity index (χ0n) is 13.5. The maximum absolute atomic E-state index is 12.1. The van der Waals surface area contributed by atoms with E-state index < -0.39 is 11.8 Å². The van der Waals surface area contributed by atoms with Crippen LogP contribution in [-0.2, 0) is 9.59 Å². The Bertz CT molecular complexity index is 824. The van der Waals surface area contributed by atoms with Crippen LogP contribution in [0.4, 0.5) is 5.69 Å². The molecule has 2 aromatic rings. The number of nitrogens with one attached hydrogen (secondary N) is 2. The summed E-state index contributed by atoms with van der Waals surface area (Å²) in [5.74, 6) is -1.21. The van der Waals surface area contributed by atoms with Crippen molar-refractivity contribution in [2.75, 3.05) is 25.5 Å². The molecular weight excluding hydrogens is 465 g/mol. The van der Waals surface area contributed by atoms with Gasteiger partial charge in [0.05, 0.1) is 37.5 Å². The van der Waals surface area contributed by atoms with E-state index in [1.807, 2.05) is 0 Å². The first-order valence-electron chi connectivity index (χ1n) is 7.29. The van der Waals surface area contributed by atoms with Crippen molar-refractivity contribution in [3.05, 3.63) is 49.0 Å². The average molecular weight is 479 g/mol. The summed E-state index contributed by atoms with van der Waals surface area (Å²) < 4.78 is 0.820. The highest BCUT2D eigenvalue weighted by Gasteiger charge is 2.17. The molecule has 0 unspecified atom stereocenters. The quantitative estimate of drug-likeness (QED) is 0.665. The minimum absolute atomic E-state index is 0.208. The summed E-state index contributed by atoms with van der Waals surface area (Å²) in [6.07, 6.45) is 0. The first-order valence-corrected chi connectivity index (χ1v) is 9.66. The number of hydrogen-bond donors (Lipinski definition) is 2. The molecule has 6 nitrogen and oxygen atoms in total. The van der Waals surface area contributed by atoms with E-state index >= 15 is 0 Å². The molecular formula is C16H14BrCl2N3O3S. The lowest BCUT2D eigenvalue weighted by Crippen LogP contribution is -2.41. The highest BCUT2D eigenvalue weighted by molar-refractivity contribution is 9.11. The maximum Gasteiger partial charge on any atom is 0.261 e. The van der Waals surface area contributed by atoms with E-state index in [4.69, 9.17) is 23.2 Å². The third-order valence-corrected chi connectivity index (χ3v) is 5.48. The molecule has 0 aliphatic carbocycles. The van der Waals surface area contributed by atoms with Gasteiger partial charge in [-0.2, -0.15) is 0 Å². The molecule has 0 atom stereocenters. The SMILES string of the molecule is CN(CC(=O)Nc1c(Cl)cccc1Cl)C(=O)CNC(=O)c1ccc(Br)s1. The van der Waals surface area contributed by atoms with E-state index in [2.05, 4.69) is 26.6 Å². The van der Waals surface area contributed by atoms with Gasteiger partial charge in [-0.1, -0.05) is 29.3 Å². The van der Waals surface area contributed by atoms with Crippen molar-refractivity contribution in [2.45, 2.75) is 0 Å². The van der Waals surface area contributed by atoms with Crippen LogP contribution in [0.2, 0.25) is 10.0 Å². The number of thiophene rings is 1. The number of nitrogens with zero attached hydrogens (tertiary/aromatic N) is 1. The smallest absolute Gasteiger partial charge is 0.261 e. The Morgan fingerprint density at radius 1 is 1.15 bits per heavy atom. The molecule has 3 amide bonds. The summed E-state index contributed by atoms with van der Waals surface area (Å²) in [5, 5.41) is 5.69. The van der Waals surface area contributed by atoms with Gasteiger partial charge in [-0.3, -0.25) is 14.4 Å². The molecule has 0 aliphatic heterocycles. The van der Waals surface area contributed by atoms with E-state index in [9.17, 15) is 14.4 Å². The molecule has 0 bridgehead atoms. The number of likely N-dealkylation sites (N-methyl/N-ethyl adjacent to an activating group) is 1. The molecule has 0 aliphatic rings. The molecule has 10 heteroatoms. The van der Waals surface area contributed by atoms with Gasteiger partial charge in [0.2, 0.25) is 11.8 Å². The van der Waals surface area contributed by atoms with E-state index in [0.29, 0.717) is 20.6 Å². The van der Waals surface area contributed by atoms with Gasteiger partial charge in [0.1, 0.15) is 0 Å². The molecule has 1 aromatic heterocycles. The molecule has 0 spiro atoms. The second-order valence-electron chi connectivity index (χ2n) is 5.18. The van der Waals surface area contributed by atoms with Gasteiger partial charge < -0.3 is 15.5 Å². The van der Waals surface area contributed by atoms with Gasteiger partial charge >= 0.3 is 0 Å². The van der Waals surface area contributed by atoms with Crippen LogP contribution >= 0.6 is 50.5 Å².